The summed E-state index contributed by atoms with van der Waals surface area (Å²) in [6, 6.07) is 3.47. The van der Waals surface area contributed by atoms with Crippen LogP contribution in [0.5, 0.6) is 5.88 Å². The van der Waals surface area contributed by atoms with Crippen molar-refractivity contribution in [2.24, 2.45) is 0 Å². The number of carbonyl (C=O) groups excluding carboxylic acids is 1. The number of pyridine rings is 1. The van der Waals surface area contributed by atoms with Crippen molar-refractivity contribution >= 4 is 17.6 Å². The number of nitrogens with zero attached hydrogens (tertiary/aromatic N) is 2. The highest BCUT2D eigenvalue weighted by Crippen LogP contribution is 2.43. The molecule has 1 saturated carbocycles. The van der Waals surface area contributed by atoms with E-state index in [0.29, 0.717) is 38.7 Å². The van der Waals surface area contributed by atoms with Crippen LogP contribution in [0.1, 0.15) is 58.6 Å². The molecule has 0 bridgehead atoms. The number of rotatable bonds is 6. The first-order valence-electron chi connectivity index (χ1n) is 10.3. The fourth-order valence-corrected chi connectivity index (χ4v) is 4.16. The number of likely N-dealkylation sites (tertiary alicyclic amines) is 1. The summed E-state index contributed by atoms with van der Waals surface area (Å²) in [6.07, 6.45) is -1.01. The first-order chi connectivity index (χ1) is 15.1. The van der Waals surface area contributed by atoms with E-state index in [2.05, 4.69) is 9.88 Å². The highest BCUT2D eigenvalue weighted by Gasteiger charge is 2.32. The number of carbonyl (C=O) groups is 1. The topological polar surface area (TPSA) is 65.5 Å². The fraction of sp³-hybridized carbons (Fsp3) is 0.455. The Morgan fingerprint density at radius 3 is 2.44 bits per heavy atom. The van der Waals surface area contributed by atoms with Gasteiger partial charge in [-0.3, -0.25) is 4.90 Å². The average molecular weight is 472 g/mol. The maximum absolute atomic E-state index is 14.2. The minimum absolute atomic E-state index is 0.0333. The Labute approximate surface area is 187 Å². The van der Waals surface area contributed by atoms with Gasteiger partial charge in [0.05, 0.1) is 11.5 Å². The Kier molecular flexibility index (Phi) is 6.31. The molecule has 4 rings (SSSR count). The molecule has 0 atom stereocenters. The van der Waals surface area contributed by atoms with Crippen molar-refractivity contribution in [3.63, 3.8) is 0 Å². The molecule has 172 valence electrons. The van der Waals surface area contributed by atoms with Gasteiger partial charge in [0.1, 0.15) is 16.9 Å². The second-order valence-electron chi connectivity index (χ2n) is 8.19. The molecule has 0 N–H and O–H groups in total. The lowest BCUT2D eigenvalue weighted by atomic mass is 9.98. The first kappa shape index (κ1) is 22.8. The van der Waals surface area contributed by atoms with Crippen LogP contribution in [0, 0.1) is 5.82 Å². The largest absolute Gasteiger partial charge is 0.545 e. The van der Waals surface area contributed by atoms with Gasteiger partial charge in [0.25, 0.3) is 0 Å². The summed E-state index contributed by atoms with van der Waals surface area (Å²) in [7, 11) is 0. The van der Waals surface area contributed by atoms with Crippen molar-refractivity contribution in [1.29, 1.82) is 0 Å². The molecule has 0 amide bonds. The lowest BCUT2D eigenvalue weighted by molar-refractivity contribution is -0.255. The minimum atomic E-state index is -4.53. The monoisotopic (exact) mass is 471 g/mol. The molecule has 1 saturated heterocycles. The first-order valence-corrected chi connectivity index (χ1v) is 10.6. The van der Waals surface area contributed by atoms with Gasteiger partial charge in [-0.15, -0.1) is 0 Å². The van der Waals surface area contributed by atoms with Crippen LogP contribution in [0.2, 0.25) is 5.02 Å². The van der Waals surface area contributed by atoms with Gasteiger partial charge in [0.15, 0.2) is 0 Å². The number of carboxylic acid groups (broad SMARTS) is 1. The third-order valence-corrected chi connectivity index (χ3v) is 6.08. The smallest absolute Gasteiger partial charge is 0.417 e. The van der Waals surface area contributed by atoms with Crippen molar-refractivity contribution in [2.75, 3.05) is 13.1 Å². The highest BCUT2D eigenvalue weighted by atomic mass is 35.5. The number of aromatic carboxylic acids is 1. The number of ether oxygens (including phenoxy) is 1. The van der Waals surface area contributed by atoms with Crippen LogP contribution in [0.25, 0.3) is 0 Å². The number of aromatic nitrogens is 1. The molecule has 2 aliphatic rings. The lowest BCUT2D eigenvalue weighted by Gasteiger charge is -2.32. The molecule has 1 aliphatic heterocycles. The normalized spacial score (nSPS) is 18.0. The van der Waals surface area contributed by atoms with Gasteiger partial charge in [-0.05, 0) is 60.9 Å². The van der Waals surface area contributed by atoms with Gasteiger partial charge in [-0.25, -0.2) is 9.37 Å². The molecule has 1 aromatic heterocycles. The predicted molar refractivity (Wildman–Crippen MR) is 106 cm³/mol. The van der Waals surface area contributed by atoms with E-state index in [1.54, 1.807) is 0 Å². The van der Waals surface area contributed by atoms with E-state index < -0.39 is 29.1 Å². The van der Waals surface area contributed by atoms with Crippen LogP contribution in [-0.2, 0) is 12.7 Å². The van der Waals surface area contributed by atoms with E-state index in [1.165, 1.54) is 12.1 Å². The molecule has 0 spiro atoms. The van der Waals surface area contributed by atoms with Crippen LogP contribution in [0.15, 0.2) is 24.4 Å². The Balaban J connectivity index is 1.38. The van der Waals surface area contributed by atoms with Gasteiger partial charge in [0.2, 0.25) is 5.88 Å². The van der Waals surface area contributed by atoms with Gasteiger partial charge >= 0.3 is 6.18 Å². The Bertz CT molecular complexity index is 1020. The summed E-state index contributed by atoms with van der Waals surface area (Å²) < 4.78 is 58.2. The molecule has 2 aromatic rings. The Hall–Kier alpha value is -2.39. The number of hydrogen-bond donors (Lipinski definition) is 0. The fourth-order valence-electron chi connectivity index (χ4n) is 3.95. The van der Waals surface area contributed by atoms with Crippen LogP contribution >= 0.6 is 11.6 Å². The SMILES string of the molecule is O=C([O-])c1cc(C2CC2)c(CN2CCC(Oc3ncc(C(F)(F)F)cc3Cl)CC2)cc1F. The summed E-state index contributed by atoms with van der Waals surface area (Å²) in [4.78, 5) is 17.0. The number of benzene rings is 1. The van der Waals surface area contributed by atoms with E-state index in [1.807, 2.05) is 0 Å². The van der Waals surface area contributed by atoms with Crippen molar-refractivity contribution < 1.29 is 32.2 Å². The Morgan fingerprint density at radius 2 is 1.88 bits per heavy atom. The van der Waals surface area contributed by atoms with Crippen LogP contribution < -0.4 is 9.84 Å². The number of piperidine rings is 1. The second-order valence-corrected chi connectivity index (χ2v) is 8.60. The second kappa shape index (κ2) is 8.86. The zero-order valence-corrected chi connectivity index (χ0v) is 17.7. The summed E-state index contributed by atoms with van der Waals surface area (Å²) in [5.41, 5.74) is 0.267. The number of halogens is 5. The van der Waals surface area contributed by atoms with Gasteiger partial charge in [-0.1, -0.05) is 11.6 Å². The van der Waals surface area contributed by atoms with Crippen molar-refractivity contribution in [1.82, 2.24) is 9.88 Å². The van der Waals surface area contributed by atoms with Gasteiger partial charge in [-0.2, -0.15) is 13.2 Å². The number of carboxylic acids is 1. The molecular formula is C22H20ClF4N2O3-. The lowest BCUT2D eigenvalue weighted by Crippen LogP contribution is -2.38. The number of hydrogen-bond acceptors (Lipinski definition) is 5. The summed E-state index contributed by atoms with van der Waals surface area (Å²) >= 11 is 5.91. The molecule has 32 heavy (non-hydrogen) atoms. The molecule has 5 nitrogen and oxygen atoms in total. The molecule has 2 heterocycles. The molecule has 0 radical (unpaired) electrons. The maximum atomic E-state index is 14.2. The van der Waals surface area contributed by atoms with E-state index >= 15 is 0 Å². The van der Waals surface area contributed by atoms with Crippen LogP contribution in [-0.4, -0.2) is 35.0 Å². The quantitative estimate of drug-likeness (QED) is 0.591. The summed E-state index contributed by atoms with van der Waals surface area (Å²) in [6.45, 7) is 1.72. The molecular weight excluding hydrogens is 452 g/mol. The maximum Gasteiger partial charge on any atom is 0.417 e. The molecule has 2 fully saturated rings. The van der Waals surface area contributed by atoms with Crippen LogP contribution in [0.3, 0.4) is 0 Å². The molecule has 0 unspecified atom stereocenters. The third kappa shape index (κ3) is 5.15. The van der Waals surface area contributed by atoms with E-state index in [-0.39, 0.29) is 22.9 Å². The summed E-state index contributed by atoms with van der Waals surface area (Å²) in [5.74, 6) is -2.11. The Morgan fingerprint density at radius 1 is 1.19 bits per heavy atom. The summed E-state index contributed by atoms with van der Waals surface area (Å²) in [5, 5.41) is 11.0. The van der Waals surface area contributed by atoms with Crippen molar-refractivity contribution in [3.05, 3.63) is 57.5 Å². The van der Waals surface area contributed by atoms with Gasteiger partial charge < -0.3 is 14.6 Å². The molecule has 1 aromatic carbocycles. The predicted octanol–water partition coefficient (Wildman–Crippen LogP) is 4.18. The van der Waals surface area contributed by atoms with E-state index in [4.69, 9.17) is 16.3 Å². The standard InChI is InChI=1S/C22H21ClF4N2O3/c23-18-8-14(22(25,26)27)10-28-20(18)32-15-3-5-29(6-4-15)11-13-7-19(24)17(21(30)31)9-16(13)12-1-2-12/h7-10,12,15H,1-6,11H2,(H,30,31)/p-1. The van der Waals surface area contributed by atoms with E-state index in [0.717, 1.165) is 30.0 Å². The molecule has 1 aliphatic carbocycles. The highest BCUT2D eigenvalue weighted by molar-refractivity contribution is 6.31. The zero-order chi connectivity index (χ0) is 23.0. The van der Waals surface area contributed by atoms with Gasteiger partial charge in [0, 0.05) is 31.4 Å². The number of alkyl halides is 3. The van der Waals surface area contributed by atoms with Crippen LogP contribution in [0.4, 0.5) is 17.6 Å². The molecule has 10 heteroatoms. The minimum Gasteiger partial charge on any atom is -0.545 e. The average Bonchev–Trinajstić information content (AvgIpc) is 3.55. The van der Waals surface area contributed by atoms with E-state index in [9.17, 15) is 27.5 Å². The van der Waals surface area contributed by atoms with Crippen molar-refractivity contribution in [3.8, 4) is 5.88 Å². The third-order valence-electron chi connectivity index (χ3n) is 5.81. The zero-order valence-electron chi connectivity index (χ0n) is 16.9. The van der Waals surface area contributed by atoms with Crippen molar-refractivity contribution in [2.45, 2.75) is 50.4 Å².